The molecule has 0 saturated carbocycles. The van der Waals surface area contributed by atoms with Crippen LogP contribution in [0.15, 0.2) is 36.7 Å². The van der Waals surface area contributed by atoms with Crippen molar-refractivity contribution in [2.24, 2.45) is 23.7 Å². The molecular weight excluding hydrogens is 488 g/mol. The van der Waals surface area contributed by atoms with Crippen LogP contribution in [0.4, 0.5) is 16.4 Å². The first-order chi connectivity index (χ1) is 18.4. The van der Waals surface area contributed by atoms with E-state index in [4.69, 9.17) is 0 Å². The molecule has 2 aromatic heterocycles. The standard InChI is InChI=1S/C27H34N6O5/c34-25(35)21(19-3-5-28-15-19)11-17-1-7-30-23(13-17)32-9-10-33(27(32)38)24-14-18(2-8-31-24)12-22(26(36)37)20-4-6-29-16-20/h1-2,7-8,13-14,19-22,28-29H,3-6,9-12,15-16H2,(H,34,35)(H,36,37). The van der Waals surface area contributed by atoms with Crippen LogP contribution >= 0.6 is 0 Å². The lowest BCUT2D eigenvalue weighted by Gasteiger charge is -2.21. The Bertz CT molecular complexity index is 1090. The Kier molecular flexibility index (Phi) is 7.85. The van der Waals surface area contributed by atoms with E-state index in [2.05, 4.69) is 20.6 Å². The number of aliphatic carboxylic acids is 2. The van der Waals surface area contributed by atoms with Crippen molar-refractivity contribution in [3.05, 3.63) is 47.8 Å². The number of aromatic nitrogens is 2. The van der Waals surface area contributed by atoms with Gasteiger partial charge in [0.25, 0.3) is 0 Å². The Balaban J connectivity index is 1.28. The van der Waals surface area contributed by atoms with E-state index in [1.54, 1.807) is 34.3 Å². The summed E-state index contributed by atoms with van der Waals surface area (Å²) >= 11 is 0. The first-order valence-electron chi connectivity index (χ1n) is 13.3. The summed E-state index contributed by atoms with van der Waals surface area (Å²) in [5.74, 6) is -1.46. The lowest BCUT2D eigenvalue weighted by molar-refractivity contribution is -0.144. The molecule has 38 heavy (non-hydrogen) atoms. The zero-order valence-electron chi connectivity index (χ0n) is 21.3. The van der Waals surface area contributed by atoms with Crippen LogP contribution in [0.5, 0.6) is 0 Å². The van der Waals surface area contributed by atoms with Crippen LogP contribution in [0, 0.1) is 23.7 Å². The van der Waals surface area contributed by atoms with Gasteiger partial charge in [-0.1, -0.05) is 0 Å². The normalized spacial score (nSPS) is 23.1. The van der Waals surface area contributed by atoms with Crippen LogP contribution in [0.1, 0.15) is 24.0 Å². The molecule has 4 atom stereocenters. The van der Waals surface area contributed by atoms with Crippen molar-refractivity contribution in [2.75, 3.05) is 49.1 Å². The summed E-state index contributed by atoms with van der Waals surface area (Å²) in [7, 11) is 0. The number of nitrogens with one attached hydrogen (secondary N) is 2. The molecule has 0 spiro atoms. The predicted molar refractivity (Wildman–Crippen MR) is 140 cm³/mol. The average molecular weight is 523 g/mol. The molecule has 4 N–H and O–H groups in total. The largest absolute Gasteiger partial charge is 0.481 e. The van der Waals surface area contributed by atoms with Gasteiger partial charge in [0.05, 0.1) is 11.8 Å². The molecule has 11 nitrogen and oxygen atoms in total. The maximum Gasteiger partial charge on any atom is 0.331 e. The van der Waals surface area contributed by atoms with Crippen LogP contribution in [0.3, 0.4) is 0 Å². The smallest absolute Gasteiger partial charge is 0.331 e. The molecule has 5 heterocycles. The molecule has 0 bridgehead atoms. The topological polar surface area (TPSA) is 148 Å². The highest BCUT2D eigenvalue weighted by atomic mass is 16.4. The maximum absolute atomic E-state index is 13.4. The van der Waals surface area contributed by atoms with Gasteiger partial charge in [0.2, 0.25) is 0 Å². The molecule has 2 aromatic rings. The van der Waals surface area contributed by atoms with E-state index in [0.717, 1.165) is 37.1 Å². The van der Waals surface area contributed by atoms with Crippen molar-refractivity contribution in [1.29, 1.82) is 0 Å². The molecule has 2 amide bonds. The summed E-state index contributed by atoms with van der Waals surface area (Å²) in [6, 6.07) is 6.96. The fraction of sp³-hybridized carbons (Fsp3) is 0.519. The van der Waals surface area contributed by atoms with Crippen molar-refractivity contribution in [2.45, 2.75) is 25.7 Å². The summed E-state index contributed by atoms with van der Waals surface area (Å²) in [6.45, 7) is 3.90. The van der Waals surface area contributed by atoms with Gasteiger partial charge >= 0.3 is 18.0 Å². The Hall–Kier alpha value is -3.57. The maximum atomic E-state index is 13.4. The van der Waals surface area contributed by atoms with E-state index in [1.807, 2.05) is 12.1 Å². The predicted octanol–water partition coefficient (Wildman–Crippen LogP) is 1.63. The van der Waals surface area contributed by atoms with Gasteiger partial charge in [-0.3, -0.25) is 19.4 Å². The van der Waals surface area contributed by atoms with Crippen molar-refractivity contribution >= 4 is 29.6 Å². The highest BCUT2D eigenvalue weighted by molar-refractivity contribution is 6.05. The summed E-state index contributed by atoms with van der Waals surface area (Å²) < 4.78 is 0. The molecule has 0 aliphatic carbocycles. The molecule has 3 aliphatic rings. The average Bonchev–Trinajstić information content (AvgIpc) is 3.69. The number of urea groups is 1. The third-order valence-electron chi connectivity index (χ3n) is 8.06. The number of hydrogen-bond acceptors (Lipinski definition) is 7. The molecule has 202 valence electrons. The zero-order chi connectivity index (χ0) is 26.6. The van der Waals surface area contributed by atoms with E-state index in [9.17, 15) is 24.6 Å². The van der Waals surface area contributed by atoms with Crippen LogP contribution in [-0.4, -0.2) is 77.4 Å². The molecule has 3 aliphatic heterocycles. The SMILES string of the molecule is O=C(O)C(Cc1ccnc(N2CCN(c3cc(CC(C(=O)O)C4CCNC4)ccn3)C2=O)c1)C1CCNC1. The van der Waals surface area contributed by atoms with Gasteiger partial charge in [0.1, 0.15) is 11.6 Å². The first-order valence-corrected chi connectivity index (χ1v) is 13.3. The van der Waals surface area contributed by atoms with Crippen LogP contribution in [0.2, 0.25) is 0 Å². The Morgan fingerprint density at radius 1 is 0.842 bits per heavy atom. The quantitative estimate of drug-likeness (QED) is 0.365. The fourth-order valence-electron chi connectivity index (χ4n) is 5.89. The molecule has 0 aromatic carbocycles. The van der Waals surface area contributed by atoms with E-state index in [1.165, 1.54) is 0 Å². The highest BCUT2D eigenvalue weighted by Crippen LogP contribution is 2.29. The Labute approximate surface area is 221 Å². The molecule has 11 heteroatoms. The Morgan fingerprint density at radius 3 is 1.66 bits per heavy atom. The Morgan fingerprint density at radius 2 is 1.29 bits per heavy atom. The molecule has 5 rings (SSSR count). The van der Waals surface area contributed by atoms with E-state index >= 15 is 0 Å². The number of carboxylic acids is 2. The van der Waals surface area contributed by atoms with Crippen LogP contribution in [-0.2, 0) is 22.4 Å². The third-order valence-corrected chi connectivity index (χ3v) is 8.06. The minimum Gasteiger partial charge on any atom is -0.481 e. The number of nitrogens with zero attached hydrogens (tertiary/aromatic N) is 4. The number of carbonyl (C=O) groups excluding carboxylic acids is 1. The summed E-state index contributed by atoms with van der Waals surface area (Å²) in [5, 5.41) is 26.1. The molecule has 0 radical (unpaired) electrons. The van der Waals surface area contributed by atoms with Gasteiger partial charge in [0, 0.05) is 25.5 Å². The number of rotatable bonds is 10. The summed E-state index contributed by atoms with van der Waals surface area (Å²) in [6.07, 6.45) is 5.68. The van der Waals surface area contributed by atoms with Gasteiger partial charge in [-0.2, -0.15) is 0 Å². The number of anilines is 2. The second-order valence-electron chi connectivity index (χ2n) is 10.4. The monoisotopic (exact) mass is 522 g/mol. The fourth-order valence-corrected chi connectivity index (χ4v) is 5.89. The minimum atomic E-state index is -0.805. The number of carbonyl (C=O) groups is 3. The zero-order valence-corrected chi connectivity index (χ0v) is 21.3. The van der Waals surface area contributed by atoms with Gasteiger partial charge in [-0.25, -0.2) is 14.8 Å². The van der Waals surface area contributed by atoms with Crippen LogP contribution < -0.4 is 20.4 Å². The summed E-state index contributed by atoms with van der Waals surface area (Å²) in [5.41, 5.74) is 1.67. The van der Waals surface area contributed by atoms with Gasteiger partial charge in [-0.15, -0.1) is 0 Å². The van der Waals surface area contributed by atoms with Crippen molar-refractivity contribution in [3.63, 3.8) is 0 Å². The summed E-state index contributed by atoms with van der Waals surface area (Å²) in [4.78, 5) is 49.2. The van der Waals surface area contributed by atoms with E-state index in [-0.39, 0.29) is 17.9 Å². The number of carboxylic acid groups (broad SMARTS) is 2. The van der Waals surface area contributed by atoms with E-state index < -0.39 is 23.8 Å². The number of amides is 2. The van der Waals surface area contributed by atoms with Gasteiger partial charge in [0.15, 0.2) is 0 Å². The number of pyridine rings is 2. The number of hydrogen-bond donors (Lipinski definition) is 4. The van der Waals surface area contributed by atoms with Crippen molar-refractivity contribution in [3.8, 4) is 0 Å². The first kappa shape index (κ1) is 26.1. The van der Waals surface area contributed by atoms with E-state index in [0.29, 0.717) is 50.7 Å². The molecule has 3 saturated heterocycles. The molecular formula is C27H34N6O5. The molecule has 4 unspecified atom stereocenters. The minimum absolute atomic E-state index is 0.0806. The lowest BCUT2D eigenvalue weighted by atomic mass is 9.86. The van der Waals surface area contributed by atoms with Crippen molar-refractivity contribution < 1.29 is 24.6 Å². The molecule has 3 fully saturated rings. The second kappa shape index (κ2) is 11.4. The van der Waals surface area contributed by atoms with Gasteiger partial charge < -0.3 is 20.8 Å². The van der Waals surface area contributed by atoms with Crippen molar-refractivity contribution in [1.82, 2.24) is 20.6 Å². The van der Waals surface area contributed by atoms with Gasteiger partial charge in [-0.05, 0) is 99.1 Å². The second-order valence-corrected chi connectivity index (χ2v) is 10.4. The van der Waals surface area contributed by atoms with Crippen LogP contribution in [0.25, 0.3) is 0 Å². The lowest BCUT2D eigenvalue weighted by Crippen LogP contribution is -2.33. The third kappa shape index (κ3) is 5.63. The highest BCUT2D eigenvalue weighted by Gasteiger charge is 2.35.